The van der Waals surface area contributed by atoms with E-state index >= 15 is 0 Å². The average molecular weight is 552 g/mol. The number of hydrogen-bond acceptors (Lipinski definition) is 5. The number of guanidine groups is 1. The van der Waals surface area contributed by atoms with Crippen LogP contribution >= 0.6 is 24.0 Å². The highest BCUT2D eigenvalue weighted by molar-refractivity contribution is 14.0. The number of carbonyl (C=O) groups is 2. The van der Waals surface area contributed by atoms with E-state index in [0.29, 0.717) is 25.6 Å². The molecule has 4 atom stereocenters. The average Bonchev–Trinajstić information content (AvgIpc) is 3.47. The number of fused-ring (bicyclic) bond motifs is 5. The molecule has 2 heterocycles. The topological polar surface area (TPSA) is 89.9 Å². The molecule has 1 aromatic heterocycles. The maximum absolute atomic E-state index is 12.7. The first-order valence-electron chi connectivity index (χ1n) is 11.2. The molecule has 9 heteroatoms. The zero-order chi connectivity index (χ0) is 22.0. The van der Waals surface area contributed by atoms with Gasteiger partial charge >= 0.3 is 0 Å². The van der Waals surface area contributed by atoms with Gasteiger partial charge in [0.05, 0.1) is 11.8 Å². The van der Waals surface area contributed by atoms with Gasteiger partial charge in [-0.05, 0) is 43.7 Å². The van der Waals surface area contributed by atoms with Gasteiger partial charge in [0.1, 0.15) is 5.82 Å². The highest BCUT2D eigenvalue weighted by atomic mass is 127. The standard InChI is InChI=1S/C23H32N6O2.HI/c1-4-28(5-2)18-9-6-15(13-26-18)14-27-23(24-3)25-10-11-29-21(30)19-16-7-8-17(12-16)20(19)22(29)31;/h6-9,13,16-17,19-20H,4-5,10-12,14H2,1-3H3,(H2,24,25,27);1H. The number of halogens is 1. The van der Waals surface area contributed by atoms with E-state index in [9.17, 15) is 9.59 Å². The van der Waals surface area contributed by atoms with E-state index in [-0.39, 0.29) is 59.5 Å². The molecule has 1 aromatic rings. The Morgan fingerprint density at radius 3 is 2.31 bits per heavy atom. The van der Waals surface area contributed by atoms with Crippen molar-refractivity contribution in [2.24, 2.45) is 28.7 Å². The summed E-state index contributed by atoms with van der Waals surface area (Å²) >= 11 is 0. The van der Waals surface area contributed by atoms with Crippen LogP contribution in [0, 0.1) is 23.7 Å². The van der Waals surface area contributed by atoms with Crippen molar-refractivity contribution in [2.75, 3.05) is 38.1 Å². The second-order valence-corrected chi connectivity index (χ2v) is 8.38. The van der Waals surface area contributed by atoms with Gasteiger partial charge in [-0.25, -0.2) is 4.98 Å². The van der Waals surface area contributed by atoms with Crippen LogP contribution in [0.3, 0.4) is 0 Å². The van der Waals surface area contributed by atoms with Crippen molar-refractivity contribution in [3.8, 4) is 0 Å². The number of pyridine rings is 1. The van der Waals surface area contributed by atoms with Gasteiger partial charge in [-0.2, -0.15) is 0 Å². The summed E-state index contributed by atoms with van der Waals surface area (Å²) in [6.07, 6.45) is 7.07. The van der Waals surface area contributed by atoms with Gasteiger partial charge in [-0.3, -0.25) is 19.5 Å². The van der Waals surface area contributed by atoms with Crippen molar-refractivity contribution in [2.45, 2.75) is 26.8 Å². The first-order valence-corrected chi connectivity index (χ1v) is 11.2. The number of imide groups is 1. The number of nitrogens with one attached hydrogen (secondary N) is 2. The lowest BCUT2D eigenvalue weighted by Gasteiger charge is -2.20. The molecule has 0 aromatic carbocycles. The van der Waals surface area contributed by atoms with E-state index < -0.39 is 0 Å². The Morgan fingerprint density at radius 2 is 1.78 bits per heavy atom. The van der Waals surface area contributed by atoms with E-state index in [4.69, 9.17) is 0 Å². The number of aliphatic imine (C=N–C) groups is 1. The predicted molar refractivity (Wildman–Crippen MR) is 136 cm³/mol. The molecule has 174 valence electrons. The van der Waals surface area contributed by atoms with Crippen LogP contribution in [0.15, 0.2) is 35.5 Å². The number of hydrogen-bond donors (Lipinski definition) is 2. The van der Waals surface area contributed by atoms with Crippen LogP contribution in [0.2, 0.25) is 0 Å². The summed E-state index contributed by atoms with van der Waals surface area (Å²) in [5.74, 6) is 1.84. The number of likely N-dealkylation sites (tertiary alicyclic amines) is 1. The van der Waals surface area contributed by atoms with E-state index in [0.717, 1.165) is 30.9 Å². The lowest BCUT2D eigenvalue weighted by Crippen LogP contribution is -2.43. The Labute approximate surface area is 206 Å². The number of amides is 2. The molecule has 1 aliphatic heterocycles. The van der Waals surface area contributed by atoms with Crippen LogP contribution in [0.1, 0.15) is 25.8 Å². The van der Waals surface area contributed by atoms with Crippen molar-refractivity contribution in [3.05, 3.63) is 36.0 Å². The highest BCUT2D eigenvalue weighted by Gasteiger charge is 2.58. The molecular weight excluding hydrogens is 519 g/mol. The van der Waals surface area contributed by atoms with Crippen molar-refractivity contribution in [1.29, 1.82) is 0 Å². The largest absolute Gasteiger partial charge is 0.357 e. The second-order valence-electron chi connectivity index (χ2n) is 8.38. The first kappa shape index (κ1) is 24.5. The molecule has 8 nitrogen and oxygen atoms in total. The van der Waals surface area contributed by atoms with Gasteiger partial charge in [0, 0.05) is 46.0 Å². The predicted octanol–water partition coefficient (Wildman–Crippen LogP) is 2.02. The maximum Gasteiger partial charge on any atom is 0.233 e. The fourth-order valence-corrected chi connectivity index (χ4v) is 5.13. The molecule has 2 bridgehead atoms. The van der Waals surface area contributed by atoms with Crippen LogP contribution in [0.5, 0.6) is 0 Å². The fourth-order valence-electron chi connectivity index (χ4n) is 5.13. The number of rotatable bonds is 8. The molecule has 1 saturated carbocycles. The minimum Gasteiger partial charge on any atom is -0.357 e. The number of aromatic nitrogens is 1. The molecule has 2 fully saturated rings. The molecule has 32 heavy (non-hydrogen) atoms. The zero-order valence-electron chi connectivity index (χ0n) is 19.0. The third kappa shape index (κ3) is 4.62. The van der Waals surface area contributed by atoms with Crippen molar-refractivity contribution in [3.63, 3.8) is 0 Å². The lowest BCUT2D eigenvalue weighted by molar-refractivity contribution is -0.140. The molecule has 2 N–H and O–H groups in total. The molecule has 0 spiro atoms. The van der Waals surface area contributed by atoms with Crippen molar-refractivity contribution >= 4 is 47.6 Å². The Kier molecular flexibility index (Phi) is 8.13. The lowest BCUT2D eigenvalue weighted by atomic mass is 9.85. The van der Waals surface area contributed by atoms with Crippen molar-refractivity contribution in [1.82, 2.24) is 20.5 Å². The summed E-state index contributed by atoms with van der Waals surface area (Å²) in [6.45, 7) is 7.52. The van der Waals surface area contributed by atoms with E-state index in [1.807, 2.05) is 12.3 Å². The summed E-state index contributed by atoms with van der Waals surface area (Å²) in [7, 11) is 1.71. The van der Waals surface area contributed by atoms with Crippen molar-refractivity contribution < 1.29 is 9.59 Å². The molecule has 1 saturated heterocycles. The summed E-state index contributed by atoms with van der Waals surface area (Å²) in [5.41, 5.74) is 1.06. The van der Waals surface area contributed by atoms with Crippen LogP contribution < -0.4 is 15.5 Å². The maximum atomic E-state index is 12.7. The molecular formula is C23H33IN6O2. The number of allylic oxidation sites excluding steroid dienone is 2. The van der Waals surface area contributed by atoms with E-state index in [2.05, 4.69) is 57.6 Å². The normalized spacial score (nSPS) is 25.7. The van der Waals surface area contributed by atoms with Gasteiger partial charge < -0.3 is 15.5 Å². The highest BCUT2D eigenvalue weighted by Crippen LogP contribution is 2.52. The second kappa shape index (κ2) is 10.6. The number of nitrogens with zero attached hydrogens (tertiary/aromatic N) is 4. The SMILES string of the molecule is CCN(CC)c1ccc(CNC(=NC)NCCN2C(=O)C3C4C=CC(C4)C3C2=O)cn1.I. The fraction of sp³-hybridized carbons (Fsp3) is 0.565. The van der Waals surface area contributed by atoms with Crippen LogP contribution in [0.25, 0.3) is 0 Å². The zero-order valence-corrected chi connectivity index (χ0v) is 21.3. The minimum atomic E-state index is -0.133. The molecule has 2 amide bonds. The van der Waals surface area contributed by atoms with Gasteiger partial charge in [0.25, 0.3) is 0 Å². The van der Waals surface area contributed by atoms with Gasteiger partial charge in [-0.1, -0.05) is 18.2 Å². The molecule has 0 radical (unpaired) electrons. The van der Waals surface area contributed by atoms with Crippen LogP contribution in [0.4, 0.5) is 5.82 Å². The third-order valence-corrected chi connectivity index (χ3v) is 6.77. The smallest absolute Gasteiger partial charge is 0.233 e. The summed E-state index contributed by atoms with van der Waals surface area (Å²) in [4.78, 5) is 37.9. The quantitative estimate of drug-likeness (QED) is 0.169. The van der Waals surface area contributed by atoms with Gasteiger partial charge in [-0.15, -0.1) is 24.0 Å². The summed E-state index contributed by atoms with van der Waals surface area (Å²) in [5, 5.41) is 6.47. The van der Waals surface area contributed by atoms with Crippen LogP contribution in [-0.4, -0.2) is 60.9 Å². The third-order valence-electron chi connectivity index (χ3n) is 6.77. The van der Waals surface area contributed by atoms with Gasteiger partial charge in [0.2, 0.25) is 11.8 Å². The Bertz CT molecular complexity index is 853. The summed E-state index contributed by atoms with van der Waals surface area (Å²) < 4.78 is 0. The Morgan fingerprint density at radius 1 is 1.12 bits per heavy atom. The Hall–Kier alpha value is -2.17. The molecule has 2 aliphatic carbocycles. The minimum absolute atomic E-state index is 0. The first-order chi connectivity index (χ1) is 15.1. The summed E-state index contributed by atoms with van der Waals surface area (Å²) in [6, 6.07) is 4.09. The van der Waals surface area contributed by atoms with E-state index in [1.54, 1.807) is 7.05 Å². The monoisotopic (exact) mass is 552 g/mol. The Balaban J connectivity index is 0.00000289. The molecule has 4 rings (SSSR count). The van der Waals surface area contributed by atoms with Gasteiger partial charge in [0.15, 0.2) is 5.96 Å². The molecule has 4 unspecified atom stereocenters. The number of anilines is 1. The number of carbonyl (C=O) groups excluding carboxylic acids is 2. The molecule has 3 aliphatic rings. The van der Waals surface area contributed by atoms with E-state index in [1.165, 1.54) is 4.90 Å². The van der Waals surface area contributed by atoms with Crippen LogP contribution in [-0.2, 0) is 16.1 Å².